The number of rotatable bonds is 8. The number of hydrogen-bond acceptors (Lipinski definition) is 5. The molecule has 156 valence electrons. The summed E-state index contributed by atoms with van der Waals surface area (Å²) in [6.07, 6.45) is -1.03. The van der Waals surface area contributed by atoms with E-state index < -0.39 is 28.0 Å². The number of sulfonamides is 1. The first-order chi connectivity index (χ1) is 13.7. The predicted octanol–water partition coefficient (Wildman–Crippen LogP) is 2.93. The van der Waals surface area contributed by atoms with E-state index in [-0.39, 0.29) is 10.5 Å². The average Bonchev–Trinajstić information content (AvgIpc) is 2.74. The van der Waals surface area contributed by atoms with Crippen LogP contribution in [0.15, 0.2) is 59.5 Å². The molecule has 8 heteroatoms. The molecule has 0 aliphatic carbocycles. The Kier molecular flexibility index (Phi) is 7.53. The highest BCUT2D eigenvalue weighted by Crippen LogP contribution is 2.19. The Bertz CT molecular complexity index is 956. The van der Waals surface area contributed by atoms with Gasteiger partial charge in [0.2, 0.25) is 10.0 Å². The number of likely N-dealkylation sites (N-methyl/N-ethyl adjacent to an activating group) is 1. The van der Waals surface area contributed by atoms with E-state index in [1.54, 1.807) is 45.2 Å². The monoisotopic (exact) mass is 418 g/mol. The highest BCUT2D eigenvalue weighted by Gasteiger charge is 2.25. The van der Waals surface area contributed by atoms with Crippen LogP contribution in [0, 0.1) is 0 Å². The SMILES string of the molecule is CCN(CC)S(=O)(=O)c1cccc(C(=O)O[C@H](C)C(=O)N(C)c2ccccc2)c1. The Morgan fingerprint density at radius 1 is 1.00 bits per heavy atom. The summed E-state index contributed by atoms with van der Waals surface area (Å²) in [5.74, 6) is -1.15. The molecule has 2 aromatic rings. The third kappa shape index (κ3) is 5.21. The first-order valence-electron chi connectivity index (χ1n) is 9.36. The number of anilines is 1. The Morgan fingerprint density at radius 2 is 1.62 bits per heavy atom. The Balaban J connectivity index is 2.16. The summed E-state index contributed by atoms with van der Waals surface area (Å²) in [4.78, 5) is 26.5. The zero-order valence-corrected chi connectivity index (χ0v) is 17.8. The van der Waals surface area contributed by atoms with Crippen molar-refractivity contribution in [2.75, 3.05) is 25.0 Å². The van der Waals surface area contributed by atoms with Crippen LogP contribution in [0.5, 0.6) is 0 Å². The van der Waals surface area contributed by atoms with Gasteiger partial charge in [0.05, 0.1) is 10.5 Å². The Labute approximate surface area is 171 Å². The molecule has 0 aliphatic heterocycles. The number of amides is 1. The van der Waals surface area contributed by atoms with Gasteiger partial charge in [0.1, 0.15) is 0 Å². The second kappa shape index (κ2) is 9.67. The van der Waals surface area contributed by atoms with E-state index in [0.29, 0.717) is 18.8 Å². The molecule has 0 aromatic heterocycles. The van der Waals surface area contributed by atoms with Crippen molar-refractivity contribution in [3.63, 3.8) is 0 Å². The van der Waals surface area contributed by atoms with Gasteiger partial charge in [-0.25, -0.2) is 13.2 Å². The van der Waals surface area contributed by atoms with Crippen molar-refractivity contribution >= 4 is 27.6 Å². The Morgan fingerprint density at radius 3 is 2.21 bits per heavy atom. The molecule has 0 N–H and O–H groups in total. The molecule has 0 saturated heterocycles. The van der Waals surface area contributed by atoms with Gasteiger partial charge in [0.25, 0.3) is 5.91 Å². The predicted molar refractivity (Wildman–Crippen MR) is 111 cm³/mol. The third-order valence-electron chi connectivity index (χ3n) is 4.52. The van der Waals surface area contributed by atoms with Crippen molar-refractivity contribution in [2.24, 2.45) is 0 Å². The number of nitrogens with zero attached hydrogens (tertiary/aromatic N) is 2. The fraction of sp³-hybridized carbons (Fsp3) is 0.333. The molecule has 0 heterocycles. The first kappa shape index (κ1) is 22.6. The maximum absolute atomic E-state index is 12.7. The average molecular weight is 419 g/mol. The van der Waals surface area contributed by atoms with Crippen molar-refractivity contribution in [3.05, 3.63) is 60.2 Å². The molecular weight excluding hydrogens is 392 g/mol. The highest BCUT2D eigenvalue weighted by atomic mass is 32.2. The van der Waals surface area contributed by atoms with Crippen LogP contribution in [-0.2, 0) is 19.6 Å². The summed E-state index contributed by atoms with van der Waals surface area (Å²) in [7, 11) is -2.10. The van der Waals surface area contributed by atoms with Gasteiger partial charge in [0.15, 0.2) is 6.10 Å². The van der Waals surface area contributed by atoms with Crippen LogP contribution in [0.3, 0.4) is 0 Å². The number of hydrogen-bond donors (Lipinski definition) is 0. The number of ether oxygens (including phenoxy) is 1. The number of benzene rings is 2. The molecule has 0 fully saturated rings. The molecule has 29 heavy (non-hydrogen) atoms. The quantitative estimate of drug-likeness (QED) is 0.616. The normalized spacial score (nSPS) is 12.4. The smallest absolute Gasteiger partial charge is 0.338 e. The summed E-state index contributed by atoms with van der Waals surface area (Å²) in [5, 5.41) is 0. The van der Waals surface area contributed by atoms with Gasteiger partial charge in [-0.1, -0.05) is 38.1 Å². The molecule has 1 amide bonds. The van der Waals surface area contributed by atoms with E-state index in [1.807, 2.05) is 6.07 Å². The van der Waals surface area contributed by atoms with Crippen LogP contribution in [0.25, 0.3) is 0 Å². The van der Waals surface area contributed by atoms with E-state index in [1.165, 1.54) is 40.4 Å². The van der Waals surface area contributed by atoms with Crippen molar-refractivity contribution in [1.29, 1.82) is 0 Å². The lowest BCUT2D eigenvalue weighted by molar-refractivity contribution is -0.126. The summed E-state index contributed by atoms with van der Waals surface area (Å²) >= 11 is 0. The molecule has 0 spiro atoms. The van der Waals surface area contributed by atoms with E-state index in [0.717, 1.165) is 0 Å². The summed E-state index contributed by atoms with van der Waals surface area (Å²) in [5.41, 5.74) is 0.743. The maximum atomic E-state index is 12.7. The minimum Gasteiger partial charge on any atom is -0.449 e. The molecule has 2 aromatic carbocycles. The summed E-state index contributed by atoms with van der Waals surface area (Å²) in [6, 6.07) is 14.6. The van der Waals surface area contributed by atoms with Gasteiger partial charge in [-0.15, -0.1) is 0 Å². The fourth-order valence-electron chi connectivity index (χ4n) is 2.83. The molecule has 2 rings (SSSR count). The zero-order valence-electron chi connectivity index (χ0n) is 17.0. The topological polar surface area (TPSA) is 84.0 Å². The lowest BCUT2D eigenvalue weighted by Crippen LogP contribution is -2.37. The van der Waals surface area contributed by atoms with Crippen LogP contribution in [0.2, 0.25) is 0 Å². The van der Waals surface area contributed by atoms with E-state index in [2.05, 4.69) is 0 Å². The molecule has 0 radical (unpaired) electrons. The number of carbonyl (C=O) groups is 2. The summed E-state index contributed by atoms with van der Waals surface area (Å²) < 4.78 is 31.9. The van der Waals surface area contributed by atoms with Crippen LogP contribution >= 0.6 is 0 Å². The van der Waals surface area contributed by atoms with Crippen molar-refractivity contribution in [1.82, 2.24) is 4.31 Å². The summed E-state index contributed by atoms with van der Waals surface area (Å²) in [6.45, 7) is 5.62. The van der Waals surface area contributed by atoms with E-state index in [9.17, 15) is 18.0 Å². The fourth-order valence-corrected chi connectivity index (χ4v) is 4.33. The van der Waals surface area contributed by atoms with Gasteiger partial charge < -0.3 is 9.64 Å². The molecule has 0 bridgehead atoms. The first-order valence-corrected chi connectivity index (χ1v) is 10.8. The van der Waals surface area contributed by atoms with E-state index in [4.69, 9.17) is 4.74 Å². The van der Waals surface area contributed by atoms with Crippen LogP contribution in [-0.4, -0.2) is 50.8 Å². The second-order valence-corrected chi connectivity index (χ2v) is 8.34. The number of para-hydroxylation sites is 1. The maximum Gasteiger partial charge on any atom is 0.338 e. The van der Waals surface area contributed by atoms with Crippen molar-refractivity contribution in [2.45, 2.75) is 31.8 Å². The van der Waals surface area contributed by atoms with Gasteiger partial charge in [-0.3, -0.25) is 4.79 Å². The minimum atomic E-state index is -3.70. The highest BCUT2D eigenvalue weighted by molar-refractivity contribution is 7.89. The Hall–Kier alpha value is -2.71. The van der Waals surface area contributed by atoms with Gasteiger partial charge in [-0.05, 0) is 37.3 Å². The second-order valence-electron chi connectivity index (χ2n) is 6.40. The van der Waals surface area contributed by atoms with Gasteiger partial charge in [-0.2, -0.15) is 4.31 Å². The van der Waals surface area contributed by atoms with Gasteiger partial charge in [0, 0.05) is 25.8 Å². The molecular formula is C21H26N2O5S. The molecule has 1 atom stereocenters. The number of carbonyl (C=O) groups excluding carboxylic acids is 2. The number of esters is 1. The molecule has 0 aliphatic rings. The molecule has 0 unspecified atom stereocenters. The van der Waals surface area contributed by atoms with Gasteiger partial charge >= 0.3 is 5.97 Å². The standard InChI is InChI=1S/C21H26N2O5S/c1-5-23(6-2)29(26,27)19-14-10-11-17(15-19)21(25)28-16(3)20(24)22(4)18-12-8-7-9-13-18/h7-16H,5-6H2,1-4H3/t16-/m1/s1. The van der Waals surface area contributed by atoms with Crippen LogP contribution in [0.1, 0.15) is 31.1 Å². The lowest BCUT2D eigenvalue weighted by Gasteiger charge is -2.22. The van der Waals surface area contributed by atoms with Crippen molar-refractivity contribution < 1.29 is 22.7 Å². The third-order valence-corrected chi connectivity index (χ3v) is 6.56. The molecule has 0 saturated carbocycles. The van der Waals surface area contributed by atoms with Crippen molar-refractivity contribution in [3.8, 4) is 0 Å². The van der Waals surface area contributed by atoms with E-state index >= 15 is 0 Å². The van der Waals surface area contributed by atoms with Crippen LogP contribution in [0.4, 0.5) is 5.69 Å². The largest absolute Gasteiger partial charge is 0.449 e. The molecule has 7 nitrogen and oxygen atoms in total. The van der Waals surface area contributed by atoms with Crippen LogP contribution < -0.4 is 4.90 Å². The minimum absolute atomic E-state index is 0.0102. The lowest BCUT2D eigenvalue weighted by atomic mass is 10.2. The zero-order chi connectivity index (χ0) is 21.6.